The van der Waals surface area contributed by atoms with Gasteiger partial charge in [-0.2, -0.15) is 0 Å². The standard InChI is InChI=1S/C17H13NO2/c1-18-17(20)15-14(11-7-3-2-4-8-11)12-9-5-6-10-13(12)16(15)19/h2-10H,1H3,(H,18,20). The van der Waals surface area contributed by atoms with Gasteiger partial charge in [-0.25, -0.2) is 0 Å². The van der Waals surface area contributed by atoms with Crippen LogP contribution in [0.15, 0.2) is 60.2 Å². The Balaban J connectivity index is 2.30. The van der Waals surface area contributed by atoms with Crippen molar-refractivity contribution in [1.82, 2.24) is 5.32 Å². The number of likely N-dealkylation sites (N-methyl/N-ethyl adjacent to an activating group) is 1. The molecule has 0 saturated carbocycles. The first-order chi connectivity index (χ1) is 9.74. The predicted molar refractivity (Wildman–Crippen MR) is 77.3 cm³/mol. The summed E-state index contributed by atoms with van der Waals surface area (Å²) in [6, 6.07) is 16.9. The number of amides is 1. The molecule has 0 heterocycles. The molecule has 3 nitrogen and oxygen atoms in total. The number of nitrogens with one attached hydrogen (secondary N) is 1. The number of carbonyl (C=O) groups is 2. The van der Waals surface area contributed by atoms with Crippen LogP contribution in [0.1, 0.15) is 21.5 Å². The van der Waals surface area contributed by atoms with Gasteiger partial charge in [0, 0.05) is 18.2 Å². The zero-order valence-electron chi connectivity index (χ0n) is 11.0. The van der Waals surface area contributed by atoms with Crippen LogP contribution in [0.5, 0.6) is 0 Å². The van der Waals surface area contributed by atoms with E-state index in [0.717, 1.165) is 11.1 Å². The van der Waals surface area contributed by atoms with Gasteiger partial charge < -0.3 is 5.32 Å². The molecule has 0 bridgehead atoms. The molecule has 20 heavy (non-hydrogen) atoms. The molecule has 0 aromatic heterocycles. The summed E-state index contributed by atoms with van der Waals surface area (Å²) in [4.78, 5) is 24.5. The lowest BCUT2D eigenvalue weighted by molar-refractivity contribution is -0.116. The van der Waals surface area contributed by atoms with E-state index in [1.54, 1.807) is 6.07 Å². The van der Waals surface area contributed by atoms with Gasteiger partial charge in [0.1, 0.15) is 0 Å². The van der Waals surface area contributed by atoms with Crippen LogP contribution in [-0.4, -0.2) is 18.7 Å². The molecule has 2 aromatic rings. The van der Waals surface area contributed by atoms with E-state index >= 15 is 0 Å². The first-order valence-electron chi connectivity index (χ1n) is 6.40. The van der Waals surface area contributed by atoms with Gasteiger partial charge in [-0.15, -0.1) is 0 Å². The summed E-state index contributed by atoms with van der Waals surface area (Å²) in [6.45, 7) is 0. The van der Waals surface area contributed by atoms with Crippen molar-refractivity contribution in [2.75, 3.05) is 7.05 Å². The molecule has 0 aliphatic heterocycles. The van der Waals surface area contributed by atoms with Gasteiger partial charge in [-0.05, 0) is 11.1 Å². The average Bonchev–Trinajstić information content (AvgIpc) is 2.81. The van der Waals surface area contributed by atoms with Crippen molar-refractivity contribution >= 4 is 17.3 Å². The molecule has 0 atom stereocenters. The number of ketones is 1. The number of Topliss-reactive ketones (excluding diaryl/α,β-unsaturated/α-hetero) is 1. The van der Waals surface area contributed by atoms with Crippen molar-refractivity contribution < 1.29 is 9.59 Å². The summed E-state index contributed by atoms with van der Waals surface area (Å²) in [7, 11) is 1.54. The Bertz CT molecular complexity index is 730. The van der Waals surface area contributed by atoms with Crippen molar-refractivity contribution in [3.8, 4) is 0 Å². The maximum atomic E-state index is 12.5. The van der Waals surface area contributed by atoms with Crippen LogP contribution < -0.4 is 5.32 Å². The van der Waals surface area contributed by atoms with E-state index < -0.39 is 0 Å². The van der Waals surface area contributed by atoms with Crippen LogP contribution >= 0.6 is 0 Å². The highest BCUT2D eigenvalue weighted by molar-refractivity contribution is 6.36. The van der Waals surface area contributed by atoms with Crippen molar-refractivity contribution in [3.05, 3.63) is 76.9 Å². The van der Waals surface area contributed by atoms with Crippen molar-refractivity contribution in [1.29, 1.82) is 0 Å². The molecule has 1 aliphatic carbocycles. The van der Waals surface area contributed by atoms with Crippen molar-refractivity contribution in [3.63, 3.8) is 0 Å². The Morgan fingerprint density at radius 1 is 0.900 bits per heavy atom. The van der Waals surface area contributed by atoms with Gasteiger partial charge in [0.25, 0.3) is 5.91 Å². The van der Waals surface area contributed by atoms with Gasteiger partial charge in [0.15, 0.2) is 5.78 Å². The van der Waals surface area contributed by atoms with Gasteiger partial charge in [0.2, 0.25) is 0 Å². The molecule has 98 valence electrons. The quantitative estimate of drug-likeness (QED) is 0.846. The van der Waals surface area contributed by atoms with E-state index in [1.807, 2.05) is 48.5 Å². The third kappa shape index (κ3) is 1.75. The minimum atomic E-state index is -0.343. The highest BCUT2D eigenvalue weighted by atomic mass is 16.2. The smallest absolute Gasteiger partial charge is 0.255 e. The molecule has 1 amide bonds. The molecule has 0 unspecified atom stereocenters. The fourth-order valence-corrected chi connectivity index (χ4v) is 2.53. The molecular weight excluding hydrogens is 250 g/mol. The highest BCUT2D eigenvalue weighted by Gasteiger charge is 2.33. The lowest BCUT2D eigenvalue weighted by Gasteiger charge is -2.07. The van der Waals surface area contributed by atoms with Gasteiger partial charge in [-0.3, -0.25) is 9.59 Å². The number of rotatable bonds is 2. The van der Waals surface area contributed by atoms with Crippen LogP contribution in [0.2, 0.25) is 0 Å². The van der Waals surface area contributed by atoms with Crippen molar-refractivity contribution in [2.24, 2.45) is 0 Å². The molecule has 0 spiro atoms. The molecule has 1 aliphatic rings. The maximum Gasteiger partial charge on any atom is 0.255 e. The summed E-state index contributed by atoms with van der Waals surface area (Å²) in [6.07, 6.45) is 0. The lowest BCUT2D eigenvalue weighted by Crippen LogP contribution is -2.23. The van der Waals surface area contributed by atoms with Crippen molar-refractivity contribution in [2.45, 2.75) is 0 Å². The largest absolute Gasteiger partial charge is 0.355 e. The van der Waals surface area contributed by atoms with Crippen LogP contribution in [-0.2, 0) is 4.79 Å². The molecule has 0 saturated heterocycles. The molecule has 0 fully saturated rings. The molecule has 3 rings (SSSR count). The zero-order valence-corrected chi connectivity index (χ0v) is 11.0. The van der Waals surface area contributed by atoms with E-state index in [9.17, 15) is 9.59 Å². The average molecular weight is 263 g/mol. The van der Waals surface area contributed by atoms with Crippen LogP contribution in [0, 0.1) is 0 Å². The first-order valence-corrected chi connectivity index (χ1v) is 6.40. The maximum absolute atomic E-state index is 12.5. The SMILES string of the molecule is CNC(=O)C1=C(c2ccccc2)c2ccccc2C1=O. The van der Waals surface area contributed by atoms with Gasteiger partial charge >= 0.3 is 0 Å². The second kappa shape index (κ2) is 4.78. The third-order valence-electron chi connectivity index (χ3n) is 3.43. The van der Waals surface area contributed by atoms with Crippen LogP contribution in [0.4, 0.5) is 0 Å². The fourth-order valence-electron chi connectivity index (χ4n) is 2.53. The second-order valence-electron chi connectivity index (χ2n) is 4.57. The topological polar surface area (TPSA) is 46.2 Å². The Kier molecular flexibility index (Phi) is 2.95. The normalized spacial score (nSPS) is 13.3. The Morgan fingerprint density at radius 2 is 1.50 bits per heavy atom. The first kappa shape index (κ1) is 12.4. The lowest BCUT2D eigenvalue weighted by atomic mass is 9.97. The Morgan fingerprint density at radius 3 is 2.15 bits per heavy atom. The molecular formula is C17H13NO2. The molecule has 3 heteroatoms. The summed E-state index contributed by atoms with van der Waals surface area (Å²) >= 11 is 0. The van der Waals surface area contributed by atoms with Gasteiger partial charge in [-0.1, -0.05) is 54.6 Å². The summed E-state index contributed by atoms with van der Waals surface area (Å²) in [5.41, 5.74) is 3.22. The van der Waals surface area contributed by atoms with E-state index in [-0.39, 0.29) is 17.3 Å². The predicted octanol–water partition coefficient (Wildman–Crippen LogP) is 2.43. The molecule has 2 aromatic carbocycles. The minimum Gasteiger partial charge on any atom is -0.355 e. The van der Waals surface area contributed by atoms with E-state index in [4.69, 9.17) is 0 Å². The fraction of sp³-hybridized carbons (Fsp3) is 0.0588. The Labute approximate surface area is 116 Å². The molecule has 1 N–H and O–H groups in total. The number of hydrogen-bond acceptors (Lipinski definition) is 2. The Hall–Kier alpha value is -2.68. The highest BCUT2D eigenvalue weighted by Crippen LogP contribution is 2.37. The van der Waals surface area contributed by atoms with E-state index in [1.165, 1.54) is 7.05 Å². The number of fused-ring (bicyclic) bond motifs is 1. The zero-order chi connectivity index (χ0) is 14.1. The monoisotopic (exact) mass is 263 g/mol. The van der Waals surface area contributed by atoms with Crippen LogP contribution in [0.3, 0.4) is 0 Å². The van der Waals surface area contributed by atoms with E-state index in [2.05, 4.69) is 5.32 Å². The third-order valence-corrected chi connectivity index (χ3v) is 3.43. The van der Waals surface area contributed by atoms with Crippen LogP contribution in [0.25, 0.3) is 5.57 Å². The number of hydrogen-bond donors (Lipinski definition) is 1. The summed E-state index contributed by atoms with van der Waals surface area (Å²) < 4.78 is 0. The minimum absolute atomic E-state index is 0.209. The number of benzene rings is 2. The number of carbonyl (C=O) groups excluding carboxylic acids is 2. The second-order valence-corrected chi connectivity index (χ2v) is 4.57. The van der Waals surface area contributed by atoms with E-state index in [0.29, 0.717) is 11.1 Å². The molecule has 0 radical (unpaired) electrons. The summed E-state index contributed by atoms with van der Waals surface area (Å²) in [5, 5.41) is 2.55. The summed E-state index contributed by atoms with van der Waals surface area (Å²) in [5.74, 6) is -0.552. The van der Waals surface area contributed by atoms with Gasteiger partial charge in [0.05, 0.1) is 5.57 Å².